The topological polar surface area (TPSA) is 67.1 Å². The van der Waals surface area contributed by atoms with Crippen molar-refractivity contribution >= 4 is 11.6 Å². The fourth-order valence-corrected chi connectivity index (χ4v) is 1.63. The summed E-state index contributed by atoms with van der Waals surface area (Å²) in [6.07, 6.45) is 2.39. The Morgan fingerprint density at radius 1 is 1.47 bits per heavy atom. The average Bonchev–Trinajstić information content (AvgIpc) is 3.12. The molecule has 1 aromatic heterocycles. The second-order valence-corrected chi connectivity index (χ2v) is 4.63. The minimum Gasteiger partial charge on any atom is -0.384 e. The fourth-order valence-electron chi connectivity index (χ4n) is 1.63. The highest BCUT2D eigenvalue weighted by molar-refractivity contribution is 5.45. The third-order valence-electron chi connectivity index (χ3n) is 3.05. The Bertz CT molecular complexity index is 375. The highest BCUT2D eigenvalue weighted by Gasteiger charge is 2.27. The summed E-state index contributed by atoms with van der Waals surface area (Å²) in [4.78, 5) is 11.0. The largest absolute Gasteiger partial charge is 0.384 e. The summed E-state index contributed by atoms with van der Waals surface area (Å²) < 4.78 is 0. The number of likely N-dealkylation sites (N-methyl/N-ethyl adjacent to an activating group) is 1. The Kier molecular flexibility index (Phi) is 3.78. The van der Waals surface area contributed by atoms with Crippen molar-refractivity contribution in [2.24, 2.45) is 0 Å². The van der Waals surface area contributed by atoms with E-state index in [1.54, 1.807) is 6.07 Å². The minimum atomic E-state index is 0.539. The lowest BCUT2D eigenvalue weighted by Gasteiger charge is -2.14. The van der Waals surface area contributed by atoms with Gasteiger partial charge in [-0.15, -0.1) is 0 Å². The third-order valence-corrected chi connectivity index (χ3v) is 3.05. The normalized spacial score (nSPS) is 15.2. The van der Waals surface area contributed by atoms with E-state index in [0.717, 1.165) is 31.3 Å². The van der Waals surface area contributed by atoms with Crippen LogP contribution in [-0.2, 0) is 0 Å². The van der Waals surface area contributed by atoms with E-state index < -0.39 is 0 Å². The van der Waals surface area contributed by atoms with Gasteiger partial charge in [-0.25, -0.2) is 9.97 Å². The molecule has 1 saturated carbocycles. The molecule has 0 bridgehead atoms. The molecule has 17 heavy (non-hydrogen) atoms. The summed E-state index contributed by atoms with van der Waals surface area (Å²) in [6.45, 7) is 5.08. The Morgan fingerprint density at radius 3 is 2.88 bits per heavy atom. The van der Waals surface area contributed by atoms with E-state index in [2.05, 4.69) is 34.2 Å². The molecule has 1 aliphatic rings. The lowest BCUT2D eigenvalue weighted by atomic mass is 10.3. The summed E-state index contributed by atoms with van der Waals surface area (Å²) >= 11 is 0. The van der Waals surface area contributed by atoms with Crippen LogP contribution in [0.15, 0.2) is 6.07 Å². The van der Waals surface area contributed by atoms with Crippen molar-refractivity contribution in [3.8, 4) is 0 Å². The van der Waals surface area contributed by atoms with Gasteiger partial charge in [0.2, 0.25) is 0 Å². The molecule has 0 spiro atoms. The Hall–Kier alpha value is -1.36. The number of nitrogens with one attached hydrogen (secondary N) is 1. The number of rotatable bonds is 6. The maximum Gasteiger partial charge on any atom is 0.136 e. The van der Waals surface area contributed by atoms with E-state index in [1.165, 1.54) is 12.8 Å². The van der Waals surface area contributed by atoms with Crippen molar-refractivity contribution in [1.82, 2.24) is 14.9 Å². The lowest BCUT2D eigenvalue weighted by Crippen LogP contribution is -2.25. The molecule has 94 valence electrons. The molecular weight excluding hydrogens is 214 g/mol. The van der Waals surface area contributed by atoms with Crippen molar-refractivity contribution in [2.45, 2.75) is 25.7 Å². The van der Waals surface area contributed by atoms with Gasteiger partial charge in [0.15, 0.2) is 0 Å². The number of hydrogen-bond donors (Lipinski definition) is 2. The molecule has 0 saturated heterocycles. The van der Waals surface area contributed by atoms with Gasteiger partial charge in [0.25, 0.3) is 0 Å². The Labute approximate surface area is 102 Å². The predicted octanol–water partition coefficient (Wildman–Crippen LogP) is 1.30. The Morgan fingerprint density at radius 2 is 2.24 bits per heavy atom. The van der Waals surface area contributed by atoms with Crippen LogP contribution in [0, 0.1) is 0 Å². The molecule has 1 fully saturated rings. The zero-order chi connectivity index (χ0) is 12.3. The summed E-state index contributed by atoms with van der Waals surface area (Å²) in [7, 11) is 2.10. The van der Waals surface area contributed by atoms with E-state index in [1.807, 2.05) is 0 Å². The van der Waals surface area contributed by atoms with Crippen molar-refractivity contribution in [3.05, 3.63) is 11.9 Å². The van der Waals surface area contributed by atoms with Crippen molar-refractivity contribution < 1.29 is 0 Å². The standard InChI is InChI=1S/C12H21N5/c1-3-17(2)7-6-14-11-8-10(13)15-12(16-11)9-4-5-9/h8-9H,3-7H2,1-2H3,(H3,13,14,15,16). The van der Waals surface area contributed by atoms with E-state index >= 15 is 0 Å². The van der Waals surface area contributed by atoms with Crippen molar-refractivity contribution in [1.29, 1.82) is 0 Å². The Balaban J connectivity index is 1.91. The molecule has 0 atom stereocenters. The van der Waals surface area contributed by atoms with Crippen LogP contribution < -0.4 is 11.1 Å². The fraction of sp³-hybridized carbons (Fsp3) is 0.667. The van der Waals surface area contributed by atoms with Crippen molar-refractivity contribution in [2.75, 3.05) is 37.7 Å². The van der Waals surface area contributed by atoms with Gasteiger partial charge in [0, 0.05) is 25.1 Å². The SMILES string of the molecule is CCN(C)CCNc1cc(N)nc(C2CC2)n1. The number of nitrogens with two attached hydrogens (primary N) is 1. The summed E-state index contributed by atoms with van der Waals surface area (Å²) in [5.41, 5.74) is 5.78. The molecule has 5 nitrogen and oxygen atoms in total. The van der Waals surface area contributed by atoms with Gasteiger partial charge < -0.3 is 16.0 Å². The highest BCUT2D eigenvalue weighted by Crippen LogP contribution is 2.38. The van der Waals surface area contributed by atoms with E-state index in [9.17, 15) is 0 Å². The number of nitrogens with zero attached hydrogens (tertiary/aromatic N) is 3. The molecule has 0 amide bonds. The summed E-state index contributed by atoms with van der Waals surface area (Å²) in [5.74, 6) is 2.85. The van der Waals surface area contributed by atoms with E-state index in [0.29, 0.717) is 11.7 Å². The van der Waals surface area contributed by atoms with E-state index in [-0.39, 0.29) is 0 Å². The smallest absolute Gasteiger partial charge is 0.136 e. The van der Waals surface area contributed by atoms with Crippen LogP contribution >= 0.6 is 0 Å². The molecule has 5 heteroatoms. The first-order chi connectivity index (χ1) is 8.19. The first-order valence-corrected chi connectivity index (χ1v) is 6.26. The lowest BCUT2D eigenvalue weighted by molar-refractivity contribution is 0.367. The maximum absolute atomic E-state index is 5.78. The highest BCUT2D eigenvalue weighted by atomic mass is 15.1. The van der Waals surface area contributed by atoms with Crippen LogP contribution in [0.1, 0.15) is 31.5 Å². The van der Waals surface area contributed by atoms with Gasteiger partial charge in [-0.05, 0) is 26.4 Å². The molecule has 1 aliphatic carbocycles. The predicted molar refractivity (Wildman–Crippen MR) is 70.1 cm³/mol. The number of aromatic nitrogens is 2. The monoisotopic (exact) mass is 235 g/mol. The van der Waals surface area contributed by atoms with Gasteiger partial charge >= 0.3 is 0 Å². The van der Waals surface area contributed by atoms with Crippen LogP contribution in [0.2, 0.25) is 0 Å². The van der Waals surface area contributed by atoms with Crippen molar-refractivity contribution in [3.63, 3.8) is 0 Å². The van der Waals surface area contributed by atoms with Gasteiger partial charge in [0.05, 0.1) is 0 Å². The van der Waals surface area contributed by atoms with Crippen LogP contribution in [0.3, 0.4) is 0 Å². The molecule has 2 rings (SSSR count). The number of anilines is 2. The van der Waals surface area contributed by atoms with Gasteiger partial charge in [-0.2, -0.15) is 0 Å². The molecule has 0 aromatic carbocycles. The quantitative estimate of drug-likeness (QED) is 0.778. The first-order valence-electron chi connectivity index (χ1n) is 6.26. The molecule has 1 aromatic rings. The molecule has 0 unspecified atom stereocenters. The van der Waals surface area contributed by atoms with Crippen LogP contribution in [0.5, 0.6) is 0 Å². The third kappa shape index (κ3) is 3.56. The molecular formula is C12H21N5. The first kappa shape index (κ1) is 12.1. The summed E-state index contributed by atoms with van der Waals surface area (Å²) in [5, 5.41) is 3.30. The zero-order valence-electron chi connectivity index (χ0n) is 10.6. The number of hydrogen-bond acceptors (Lipinski definition) is 5. The van der Waals surface area contributed by atoms with Gasteiger partial charge in [-0.1, -0.05) is 6.92 Å². The summed E-state index contributed by atoms with van der Waals surface area (Å²) in [6, 6.07) is 1.80. The van der Waals surface area contributed by atoms with Gasteiger partial charge in [-0.3, -0.25) is 0 Å². The second kappa shape index (κ2) is 5.31. The van der Waals surface area contributed by atoms with Gasteiger partial charge in [0.1, 0.15) is 17.5 Å². The molecule has 3 N–H and O–H groups in total. The van der Waals surface area contributed by atoms with Crippen LogP contribution in [0.25, 0.3) is 0 Å². The minimum absolute atomic E-state index is 0.539. The zero-order valence-corrected chi connectivity index (χ0v) is 10.6. The maximum atomic E-state index is 5.78. The molecule has 0 aliphatic heterocycles. The second-order valence-electron chi connectivity index (χ2n) is 4.63. The van der Waals surface area contributed by atoms with E-state index in [4.69, 9.17) is 5.73 Å². The van der Waals surface area contributed by atoms with Crippen LogP contribution in [-0.4, -0.2) is 41.5 Å². The number of nitrogen functional groups attached to an aromatic ring is 1. The molecule has 0 radical (unpaired) electrons. The average molecular weight is 235 g/mol. The molecule has 1 heterocycles. The van der Waals surface area contributed by atoms with Crippen LogP contribution in [0.4, 0.5) is 11.6 Å².